The van der Waals surface area contributed by atoms with Crippen LogP contribution in [0.15, 0.2) is 28.7 Å². The van der Waals surface area contributed by atoms with Crippen molar-refractivity contribution in [2.45, 2.75) is 39.5 Å². The minimum atomic E-state index is 0.136. The van der Waals surface area contributed by atoms with Gasteiger partial charge in [-0.1, -0.05) is 55.8 Å². The molecule has 0 atom stereocenters. The average Bonchev–Trinajstić information content (AvgIpc) is 2.35. The van der Waals surface area contributed by atoms with Gasteiger partial charge in [0.25, 0.3) is 0 Å². The molecule has 112 valence electrons. The van der Waals surface area contributed by atoms with Crippen molar-refractivity contribution in [3.8, 4) is 0 Å². The molecule has 0 saturated carbocycles. The molecule has 0 spiro atoms. The van der Waals surface area contributed by atoms with E-state index in [2.05, 4.69) is 61.1 Å². The molecule has 0 radical (unpaired) electrons. The second kappa shape index (κ2) is 8.73. The van der Waals surface area contributed by atoms with Crippen LogP contribution in [0.25, 0.3) is 0 Å². The Hall–Kier alpha value is -0.480. The first-order chi connectivity index (χ1) is 9.40. The van der Waals surface area contributed by atoms with Gasteiger partial charge in [0.05, 0.1) is 5.75 Å². The first-order valence-electron chi connectivity index (χ1n) is 7.01. The maximum Gasteiger partial charge on any atom is 0.230 e. The van der Waals surface area contributed by atoms with Crippen molar-refractivity contribution in [1.82, 2.24) is 5.32 Å². The molecule has 1 rings (SSSR count). The zero-order valence-electron chi connectivity index (χ0n) is 12.7. The van der Waals surface area contributed by atoms with Crippen LogP contribution in [0.4, 0.5) is 0 Å². The summed E-state index contributed by atoms with van der Waals surface area (Å²) in [5, 5.41) is 3.14. The molecule has 0 saturated heterocycles. The summed E-state index contributed by atoms with van der Waals surface area (Å²) in [6.45, 7) is 8.61. The number of halogens is 1. The molecule has 1 amide bonds. The third kappa shape index (κ3) is 6.31. The fraction of sp³-hybridized carbons (Fsp3) is 0.562. The zero-order chi connectivity index (χ0) is 15.1. The van der Waals surface area contributed by atoms with Crippen molar-refractivity contribution in [3.63, 3.8) is 0 Å². The summed E-state index contributed by atoms with van der Waals surface area (Å²) in [4.78, 5) is 12.0. The van der Waals surface area contributed by atoms with Gasteiger partial charge in [-0.2, -0.15) is 0 Å². The van der Waals surface area contributed by atoms with E-state index >= 15 is 0 Å². The molecular weight excluding hydrogens is 334 g/mol. The Labute approximate surface area is 135 Å². The van der Waals surface area contributed by atoms with E-state index in [1.54, 1.807) is 11.8 Å². The highest BCUT2D eigenvalue weighted by Gasteiger charge is 2.19. The summed E-state index contributed by atoms with van der Waals surface area (Å²) in [6.07, 6.45) is 0. The lowest BCUT2D eigenvalue weighted by atomic mass is 9.93. The van der Waals surface area contributed by atoms with Crippen molar-refractivity contribution < 1.29 is 4.79 Å². The van der Waals surface area contributed by atoms with E-state index in [1.165, 1.54) is 5.56 Å². The molecule has 0 aliphatic carbocycles. The molecule has 20 heavy (non-hydrogen) atoms. The van der Waals surface area contributed by atoms with E-state index in [4.69, 9.17) is 0 Å². The molecule has 0 fully saturated rings. The number of amides is 1. The normalized spacial score (nSPS) is 11.4. The molecule has 0 heterocycles. The SMILES string of the molecule is CC(C)C(NC(=O)CSCc1cccc(Br)c1)C(C)C. The van der Waals surface area contributed by atoms with Crippen LogP contribution < -0.4 is 5.32 Å². The van der Waals surface area contributed by atoms with Gasteiger partial charge in [-0.05, 0) is 29.5 Å². The summed E-state index contributed by atoms with van der Waals surface area (Å²) >= 11 is 5.11. The van der Waals surface area contributed by atoms with E-state index in [1.807, 2.05) is 12.1 Å². The lowest BCUT2D eigenvalue weighted by molar-refractivity contribution is -0.119. The van der Waals surface area contributed by atoms with Crippen LogP contribution in [0, 0.1) is 11.8 Å². The maximum absolute atomic E-state index is 12.0. The number of carbonyl (C=O) groups is 1. The summed E-state index contributed by atoms with van der Waals surface area (Å²) in [6, 6.07) is 8.47. The third-order valence-corrected chi connectivity index (χ3v) is 4.65. The molecule has 0 aliphatic rings. The first kappa shape index (κ1) is 17.6. The van der Waals surface area contributed by atoms with Crippen LogP contribution in [0.5, 0.6) is 0 Å². The second-order valence-corrected chi connectivity index (χ2v) is 7.61. The Bertz CT molecular complexity index is 426. The number of nitrogens with one attached hydrogen (secondary N) is 1. The standard InChI is InChI=1S/C16H24BrNOS/c1-11(2)16(12(3)4)18-15(19)10-20-9-13-6-5-7-14(17)8-13/h5-8,11-12,16H,9-10H2,1-4H3,(H,18,19). The van der Waals surface area contributed by atoms with Gasteiger partial charge in [0.15, 0.2) is 0 Å². The summed E-state index contributed by atoms with van der Waals surface area (Å²) in [7, 11) is 0. The number of hydrogen-bond acceptors (Lipinski definition) is 2. The van der Waals surface area contributed by atoms with Gasteiger partial charge < -0.3 is 5.32 Å². The molecule has 0 aliphatic heterocycles. The Morgan fingerprint density at radius 1 is 1.25 bits per heavy atom. The third-order valence-electron chi connectivity index (χ3n) is 3.16. The maximum atomic E-state index is 12.0. The van der Waals surface area contributed by atoms with Crippen LogP contribution in [-0.4, -0.2) is 17.7 Å². The molecule has 0 bridgehead atoms. The highest BCUT2D eigenvalue weighted by molar-refractivity contribution is 9.10. The largest absolute Gasteiger partial charge is 0.352 e. The zero-order valence-corrected chi connectivity index (χ0v) is 15.1. The monoisotopic (exact) mass is 357 g/mol. The van der Waals surface area contributed by atoms with Gasteiger partial charge >= 0.3 is 0 Å². The quantitative estimate of drug-likeness (QED) is 0.779. The minimum Gasteiger partial charge on any atom is -0.352 e. The van der Waals surface area contributed by atoms with Gasteiger partial charge in [0, 0.05) is 16.3 Å². The lowest BCUT2D eigenvalue weighted by Gasteiger charge is -2.26. The minimum absolute atomic E-state index is 0.136. The van der Waals surface area contributed by atoms with Crippen molar-refractivity contribution in [2.75, 3.05) is 5.75 Å². The van der Waals surface area contributed by atoms with Gasteiger partial charge in [-0.3, -0.25) is 4.79 Å². The molecule has 1 N–H and O–H groups in total. The van der Waals surface area contributed by atoms with E-state index in [0.29, 0.717) is 17.6 Å². The summed E-state index contributed by atoms with van der Waals surface area (Å²) in [5.41, 5.74) is 1.24. The Morgan fingerprint density at radius 2 is 1.90 bits per heavy atom. The summed E-state index contributed by atoms with van der Waals surface area (Å²) < 4.78 is 1.08. The van der Waals surface area contributed by atoms with E-state index < -0.39 is 0 Å². The van der Waals surface area contributed by atoms with Crippen LogP contribution in [-0.2, 0) is 10.5 Å². The van der Waals surface area contributed by atoms with Crippen molar-refractivity contribution in [1.29, 1.82) is 0 Å². The molecule has 0 unspecified atom stereocenters. The predicted molar refractivity (Wildman–Crippen MR) is 91.9 cm³/mol. The Kier molecular flexibility index (Phi) is 7.67. The topological polar surface area (TPSA) is 29.1 Å². The Balaban J connectivity index is 2.36. The van der Waals surface area contributed by atoms with Crippen molar-refractivity contribution in [2.24, 2.45) is 11.8 Å². The van der Waals surface area contributed by atoms with Crippen molar-refractivity contribution >= 4 is 33.6 Å². The number of thioether (sulfide) groups is 1. The fourth-order valence-electron chi connectivity index (χ4n) is 2.22. The second-order valence-electron chi connectivity index (χ2n) is 5.70. The number of hydrogen-bond donors (Lipinski definition) is 1. The molecule has 4 heteroatoms. The number of rotatable bonds is 7. The summed E-state index contributed by atoms with van der Waals surface area (Å²) in [5.74, 6) is 2.45. The van der Waals surface area contributed by atoms with Crippen molar-refractivity contribution in [3.05, 3.63) is 34.3 Å². The molecule has 1 aromatic rings. The van der Waals surface area contributed by atoms with E-state index in [0.717, 1.165) is 10.2 Å². The predicted octanol–water partition coefficient (Wildman–Crippen LogP) is 4.48. The van der Waals surface area contributed by atoms with Crippen LogP contribution in [0.2, 0.25) is 0 Å². The van der Waals surface area contributed by atoms with Crippen LogP contribution in [0.3, 0.4) is 0 Å². The van der Waals surface area contributed by atoms with Gasteiger partial charge in [0.2, 0.25) is 5.91 Å². The molecule has 2 nitrogen and oxygen atoms in total. The van der Waals surface area contributed by atoms with Gasteiger partial charge in [-0.15, -0.1) is 11.8 Å². The lowest BCUT2D eigenvalue weighted by Crippen LogP contribution is -2.43. The van der Waals surface area contributed by atoms with Crippen LogP contribution >= 0.6 is 27.7 Å². The first-order valence-corrected chi connectivity index (χ1v) is 8.96. The van der Waals surface area contributed by atoms with E-state index in [9.17, 15) is 4.79 Å². The van der Waals surface area contributed by atoms with Crippen LogP contribution in [0.1, 0.15) is 33.3 Å². The highest BCUT2D eigenvalue weighted by atomic mass is 79.9. The number of benzene rings is 1. The Morgan fingerprint density at radius 3 is 2.45 bits per heavy atom. The number of carbonyl (C=O) groups excluding carboxylic acids is 1. The van der Waals surface area contributed by atoms with Gasteiger partial charge in [-0.25, -0.2) is 0 Å². The van der Waals surface area contributed by atoms with E-state index in [-0.39, 0.29) is 11.9 Å². The molecule has 1 aromatic carbocycles. The smallest absolute Gasteiger partial charge is 0.230 e. The highest BCUT2D eigenvalue weighted by Crippen LogP contribution is 2.17. The molecular formula is C16H24BrNOS. The van der Waals surface area contributed by atoms with Gasteiger partial charge in [0.1, 0.15) is 0 Å². The molecule has 0 aromatic heterocycles. The fourth-order valence-corrected chi connectivity index (χ4v) is 3.45. The average molecular weight is 358 g/mol.